The molecule has 1 aliphatic rings. The molecule has 19 heavy (non-hydrogen) atoms. The second-order valence-electron chi connectivity index (χ2n) is 5.04. The molecule has 0 saturated heterocycles. The van der Waals surface area contributed by atoms with E-state index in [1.165, 1.54) is 25.0 Å². The lowest BCUT2D eigenvalue weighted by atomic mass is 10.2. The Kier molecular flexibility index (Phi) is 2.89. The average molecular weight is 260 g/mol. The minimum absolute atomic E-state index is 0.213. The van der Waals surface area contributed by atoms with Gasteiger partial charge in [0.25, 0.3) is 6.01 Å². The summed E-state index contributed by atoms with van der Waals surface area (Å²) >= 11 is 0. The van der Waals surface area contributed by atoms with Gasteiger partial charge in [-0.1, -0.05) is 13.3 Å². The number of aromatic carboxylic acids is 1. The molecule has 2 atom stereocenters. The van der Waals surface area contributed by atoms with Gasteiger partial charge in [0.05, 0.1) is 5.56 Å². The predicted octanol–water partition coefficient (Wildman–Crippen LogP) is 3.13. The largest absolute Gasteiger partial charge is 0.478 e. The Hall–Kier alpha value is -2.04. The first-order valence-corrected chi connectivity index (χ1v) is 6.58. The van der Waals surface area contributed by atoms with Crippen LogP contribution in [0.3, 0.4) is 0 Å². The zero-order valence-electron chi connectivity index (χ0n) is 10.7. The highest BCUT2D eigenvalue weighted by Crippen LogP contribution is 2.37. The lowest BCUT2D eigenvalue weighted by Gasteiger charge is -1.98. The van der Waals surface area contributed by atoms with Crippen LogP contribution in [0.4, 0.5) is 6.01 Å². The second-order valence-corrected chi connectivity index (χ2v) is 5.04. The van der Waals surface area contributed by atoms with Gasteiger partial charge in [-0.05, 0) is 37.0 Å². The molecule has 1 fully saturated rings. The molecular formula is C14H16N2O3. The highest BCUT2D eigenvalue weighted by Gasteiger charge is 2.36. The van der Waals surface area contributed by atoms with Crippen LogP contribution in [0.1, 0.15) is 36.5 Å². The first-order chi connectivity index (χ1) is 9.17. The van der Waals surface area contributed by atoms with E-state index >= 15 is 0 Å². The molecule has 1 aromatic carbocycles. The molecule has 1 aliphatic carbocycles. The Morgan fingerprint density at radius 3 is 3.16 bits per heavy atom. The number of oxazole rings is 1. The summed E-state index contributed by atoms with van der Waals surface area (Å²) < 4.78 is 5.55. The fraction of sp³-hybridized carbons (Fsp3) is 0.429. The molecule has 5 nitrogen and oxygen atoms in total. The van der Waals surface area contributed by atoms with Crippen molar-refractivity contribution >= 4 is 23.1 Å². The summed E-state index contributed by atoms with van der Waals surface area (Å²) in [7, 11) is 0. The second kappa shape index (κ2) is 4.57. The number of rotatable bonds is 5. The molecule has 0 bridgehead atoms. The fourth-order valence-corrected chi connectivity index (χ4v) is 2.39. The highest BCUT2D eigenvalue weighted by atomic mass is 16.4. The third kappa shape index (κ3) is 2.41. The average Bonchev–Trinajstić information content (AvgIpc) is 2.97. The maximum atomic E-state index is 10.9. The summed E-state index contributed by atoms with van der Waals surface area (Å²) in [6, 6.07) is 5.65. The van der Waals surface area contributed by atoms with E-state index in [0.717, 1.165) is 12.3 Å². The van der Waals surface area contributed by atoms with E-state index in [1.807, 2.05) is 0 Å². The Labute approximate surface area is 110 Å². The number of nitrogens with zero attached hydrogens (tertiary/aromatic N) is 1. The molecular weight excluding hydrogens is 244 g/mol. The van der Waals surface area contributed by atoms with Crippen LogP contribution in [-0.2, 0) is 0 Å². The summed E-state index contributed by atoms with van der Waals surface area (Å²) in [6.45, 7) is 2.18. The quantitative estimate of drug-likeness (QED) is 0.863. The van der Waals surface area contributed by atoms with Crippen molar-refractivity contribution < 1.29 is 14.3 Å². The van der Waals surface area contributed by atoms with Gasteiger partial charge in [-0.15, -0.1) is 0 Å². The van der Waals surface area contributed by atoms with Crippen LogP contribution in [-0.4, -0.2) is 22.1 Å². The number of fused-ring (bicyclic) bond motifs is 1. The fourth-order valence-electron chi connectivity index (χ4n) is 2.39. The number of carboxylic acid groups (broad SMARTS) is 1. The van der Waals surface area contributed by atoms with Crippen molar-refractivity contribution in [3.63, 3.8) is 0 Å². The van der Waals surface area contributed by atoms with Crippen molar-refractivity contribution in [2.45, 2.75) is 32.2 Å². The van der Waals surface area contributed by atoms with E-state index in [2.05, 4.69) is 17.2 Å². The topological polar surface area (TPSA) is 75.4 Å². The van der Waals surface area contributed by atoms with E-state index in [4.69, 9.17) is 9.52 Å². The molecule has 2 aromatic rings. The van der Waals surface area contributed by atoms with Crippen LogP contribution >= 0.6 is 0 Å². The van der Waals surface area contributed by atoms with E-state index < -0.39 is 5.97 Å². The first kappa shape index (κ1) is 12.0. The van der Waals surface area contributed by atoms with Crippen LogP contribution in [0.15, 0.2) is 22.6 Å². The lowest BCUT2D eigenvalue weighted by Crippen LogP contribution is -2.04. The van der Waals surface area contributed by atoms with Gasteiger partial charge in [0.15, 0.2) is 5.58 Å². The van der Waals surface area contributed by atoms with Crippen LogP contribution in [0, 0.1) is 5.92 Å². The van der Waals surface area contributed by atoms with Gasteiger partial charge in [0, 0.05) is 6.04 Å². The molecule has 2 unspecified atom stereocenters. The molecule has 2 N–H and O–H groups in total. The summed E-state index contributed by atoms with van der Waals surface area (Å²) in [5, 5.41) is 12.2. The summed E-state index contributed by atoms with van der Waals surface area (Å²) in [5.41, 5.74) is 1.40. The Bertz CT molecular complexity index is 620. The van der Waals surface area contributed by atoms with Gasteiger partial charge in [-0.2, -0.15) is 4.98 Å². The van der Waals surface area contributed by atoms with Crippen molar-refractivity contribution in [3.8, 4) is 0 Å². The minimum atomic E-state index is -0.960. The maximum absolute atomic E-state index is 10.9. The predicted molar refractivity (Wildman–Crippen MR) is 71.4 cm³/mol. The lowest BCUT2D eigenvalue weighted by molar-refractivity contribution is 0.0697. The molecule has 1 saturated carbocycles. The molecule has 0 spiro atoms. The zero-order valence-corrected chi connectivity index (χ0v) is 10.7. The van der Waals surface area contributed by atoms with Crippen LogP contribution in [0.25, 0.3) is 11.1 Å². The third-order valence-electron chi connectivity index (χ3n) is 3.53. The van der Waals surface area contributed by atoms with Crippen molar-refractivity contribution in [1.29, 1.82) is 0 Å². The normalized spacial score (nSPS) is 21.5. The summed E-state index contributed by atoms with van der Waals surface area (Å²) in [4.78, 5) is 15.2. The van der Waals surface area contributed by atoms with E-state index in [0.29, 0.717) is 23.2 Å². The zero-order chi connectivity index (χ0) is 13.4. The molecule has 5 heteroatoms. The number of anilines is 1. The van der Waals surface area contributed by atoms with Gasteiger partial charge >= 0.3 is 5.97 Å². The van der Waals surface area contributed by atoms with Crippen LogP contribution in [0.5, 0.6) is 0 Å². The van der Waals surface area contributed by atoms with Crippen molar-refractivity contribution in [2.75, 3.05) is 5.32 Å². The number of hydrogen-bond donors (Lipinski definition) is 2. The first-order valence-electron chi connectivity index (χ1n) is 6.58. The van der Waals surface area contributed by atoms with Crippen molar-refractivity contribution in [1.82, 2.24) is 4.98 Å². The van der Waals surface area contributed by atoms with Crippen molar-refractivity contribution in [3.05, 3.63) is 23.8 Å². The van der Waals surface area contributed by atoms with Gasteiger partial charge in [-0.3, -0.25) is 0 Å². The number of nitrogens with one attached hydrogen (secondary N) is 1. The molecule has 0 aliphatic heterocycles. The molecule has 1 heterocycles. The third-order valence-corrected chi connectivity index (χ3v) is 3.53. The van der Waals surface area contributed by atoms with Crippen LogP contribution in [0.2, 0.25) is 0 Å². The minimum Gasteiger partial charge on any atom is -0.478 e. The Morgan fingerprint density at radius 1 is 1.58 bits per heavy atom. The molecule has 3 rings (SSSR count). The number of carbonyl (C=O) groups is 1. The van der Waals surface area contributed by atoms with Gasteiger partial charge in [-0.25, -0.2) is 4.79 Å². The smallest absolute Gasteiger partial charge is 0.335 e. The number of benzene rings is 1. The Morgan fingerprint density at radius 2 is 2.42 bits per heavy atom. The summed E-state index contributed by atoms with van der Waals surface area (Å²) in [5.74, 6) is -0.243. The van der Waals surface area contributed by atoms with Gasteiger partial charge < -0.3 is 14.8 Å². The maximum Gasteiger partial charge on any atom is 0.335 e. The number of carboxylic acids is 1. The summed E-state index contributed by atoms with van der Waals surface area (Å²) in [6.07, 6.45) is 3.58. The van der Waals surface area contributed by atoms with Crippen LogP contribution < -0.4 is 5.32 Å². The SMILES string of the molecule is CCCC1CC1Nc1nc2ccc(C(=O)O)cc2o1. The van der Waals surface area contributed by atoms with E-state index in [1.54, 1.807) is 6.07 Å². The monoisotopic (exact) mass is 260 g/mol. The van der Waals surface area contributed by atoms with E-state index in [9.17, 15) is 4.79 Å². The molecule has 100 valence electrons. The standard InChI is InChI=1S/C14H16N2O3/c1-2-3-8-6-11(8)16-14-15-10-5-4-9(13(17)18)7-12(10)19-14/h4-5,7-8,11H,2-3,6H2,1H3,(H,15,16)(H,17,18). The molecule has 0 amide bonds. The van der Waals surface area contributed by atoms with Gasteiger partial charge in [0.2, 0.25) is 0 Å². The molecule has 1 aromatic heterocycles. The van der Waals surface area contributed by atoms with Crippen molar-refractivity contribution in [2.24, 2.45) is 5.92 Å². The van der Waals surface area contributed by atoms with Gasteiger partial charge in [0.1, 0.15) is 5.52 Å². The number of aromatic nitrogens is 1. The Balaban J connectivity index is 1.77. The highest BCUT2D eigenvalue weighted by molar-refractivity contribution is 5.92. The van der Waals surface area contributed by atoms with E-state index in [-0.39, 0.29) is 5.56 Å². The number of hydrogen-bond acceptors (Lipinski definition) is 4. The molecule has 0 radical (unpaired) electrons.